The third-order valence-corrected chi connectivity index (χ3v) is 3.29. The summed E-state index contributed by atoms with van der Waals surface area (Å²) in [4.78, 5) is 4.92. The molecule has 0 atom stereocenters. The van der Waals surface area contributed by atoms with Gasteiger partial charge in [0.15, 0.2) is 5.82 Å². The zero-order chi connectivity index (χ0) is 14.0. The van der Waals surface area contributed by atoms with Crippen molar-refractivity contribution in [2.45, 2.75) is 33.6 Å². The van der Waals surface area contributed by atoms with E-state index >= 15 is 0 Å². The topological polar surface area (TPSA) is 56.7 Å². The summed E-state index contributed by atoms with van der Waals surface area (Å²) in [6.07, 6.45) is 1.63. The van der Waals surface area contributed by atoms with Crippen molar-refractivity contribution in [2.24, 2.45) is 5.73 Å². The fourth-order valence-corrected chi connectivity index (χ4v) is 2.25. The predicted molar refractivity (Wildman–Crippen MR) is 80.7 cm³/mol. The van der Waals surface area contributed by atoms with Gasteiger partial charge in [-0.15, -0.1) is 0 Å². The molecule has 0 aliphatic heterocycles. The maximum Gasteiger partial charge on any atom is 0.151 e. The van der Waals surface area contributed by atoms with Gasteiger partial charge in [0.2, 0.25) is 0 Å². The van der Waals surface area contributed by atoms with E-state index in [1.54, 1.807) is 0 Å². The van der Waals surface area contributed by atoms with Crippen molar-refractivity contribution in [3.05, 3.63) is 41.0 Å². The summed E-state index contributed by atoms with van der Waals surface area (Å²) in [5.74, 6) is 1.78. The SMILES string of the molecule is CCc1nc(CC)n(-c2c(C)cccc2C(N)=S)n1. The quantitative estimate of drug-likeness (QED) is 0.869. The fraction of sp³-hybridized carbons (Fsp3) is 0.357. The molecular weight excluding hydrogens is 256 g/mol. The minimum Gasteiger partial charge on any atom is -0.389 e. The smallest absolute Gasteiger partial charge is 0.151 e. The number of thiocarbonyl (C=S) groups is 1. The lowest BCUT2D eigenvalue weighted by molar-refractivity contribution is 0.785. The molecular formula is C14H18N4S. The van der Waals surface area contributed by atoms with Crippen LogP contribution < -0.4 is 5.73 Å². The van der Waals surface area contributed by atoms with Crippen molar-refractivity contribution in [1.29, 1.82) is 0 Å². The number of para-hydroxylation sites is 1. The first-order valence-corrected chi connectivity index (χ1v) is 6.83. The van der Waals surface area contributed by atoms with E-state index in [1.165, 1.54) is 0 Å². The zero-order valence-electron chi connectivity index (χ0n) is 11.5. The van der Waals surface area contributed by atoms with Crippen LogP contribution in [0.5, 0.6) is 0 Å². The molecule has 19 heavy (non-hydrogen) atoms. The Labute approximate surface area is 118 Å². The Morgan fingerprint density at radius 1 is 1.32 bits per heavy atom. The first-order valence-electron chi connectivity index (χ1n) is 6.43. The monoisotopic (exact) mass is 274 g/mol. The summed E-state index contributed by atoms with van der Waals surface area (Å²) < 4.78 is 1.88. The molecule has 4 nitrogen and oxygen atoms in total. The number of hydrogen-bond donors (Lipinski definition) is 1. The number of rotatable bonds is 4. The molecule has 0 aliphatic carbocycles. The maximum absolute atomic E-state index is 5.82. The lowest BCUT2D eigenvalue weighted by Crippen LogP contribution is -2.16. The van der Waals surface area contributed by atoms with Gasteiger partial charge in [0.05, 0.1) is 5.69 Å². The van der Waals surface area contributed by atoms with Gasteiger partial charge in [0.25, 0.3) is 0 Å². The van der Waals surface area contributed by atoms with Gasteiger partial charge >= 0.3 is 0 Å². The highest BCUT2D eigenvalue weighted by Crippen LogP contribution is 2.20. The van der Waals surface area contributed by atoms with Crippen LogP contribution in [0.2, 0.25) is 0 Å². The van der Waals surface area contributed by atoms with E-state index in [2.05, 4.69) is 17.0 Å². The molecule has 0 amide bonds. The van der Waals surface area contributed by atoms with Crippen LogP contribution in [0.3, 0.4) is 0 Å². The Hall–Kier alpha value is -1.75. The van der Waals surface area contributed by atoms with Gasteiger partial charge in [-0.05, 0) is 18.6 Å². The minimum absolute atomic E-state index is 0.384. The molecule has 2 N–H and O–H groups in total. The summed E-state index contributed by atoms with van der Waals surface area (Å²) in [6, 6.07) is 5.91. The van der Waals surface area contributed by atoms with Crippen molar-refractivity contribution in [3.8, 4) is 5.69 Å². The van der Waals surface area contributed by atoms with Gasteiger partial charge in [-0.1, -0.05) is 38.2 Å². The lowest BCUT2D eigenvalue weighted by Gasteiger charge is -2.13. The van der Waals surface area contributed by atoms with Crippen LogP contribution >= 0.6 is 12.2 Å². The minimum atomic E-state index is 0.384. The Morgan fingerprint density at radius 2 is 2.05 bits per heavy atom. The summed E-state index contributed by atoms with van der Waals surface area (Å²) in [6.45, 7) is 6.15. The molecule has 0 fully saturated rings. The molecule has 5 heteroatoms. The zero-order valence-corrected chi connectivity index (χ0v) is 12.3. The maximum atomic E-state index is 5.82. The molecule has 0 radical (unpaired) electrons. The van der Waals surface area contributed by atoms with E-state index in [4.69, 9.17) is 18.0 Å². The second kappa shape index (κ2) is 5.48. The van der Waals surface area contributed by atoms with E-state index in [1.807, 2.05) is 36.7 Å². The molecule has 100 valence electrons. The molecule has 0 aliphatic rings. The molecule has 1 aromatic heterocycles. The van der Waals surface area contributed by atoms with Crippen LogP contribution in [0.25, 0.3) is 5.69 Å². The third kappa shape index (κ3) is 2.51. The van der Waals surface area contributed by atoms with Gasteiger partial charge in [-0.2, -0.15) is 5.10 Å². The Kier molecular flexibility index (Phi) is 3.95. The van der Waals surface area contributed by atoms with Crippen molar-refractivity contribution >= 4 is 17.2 Å². The van der Waals surface area contributed by atoms with E-state index < -0.39 is 0 Å². The second-order valence-electron chi connectivity index (χ2n) is 4.40. The molecule has 0 spiro atoms. The van der Waals surface area contributed by atoms with E-state index in [-0.39, 0.29) is 0 Å². The molecule has 0 unspecified atom stereocenters. The van der Waals surface area contributed by atoms with Crippen molar-refractivity contribution in [1.82, 2.24) is 14.8 Å². The van der Waals surface area contributed by atoms with Gasteiger partial charge in [-0.25, -0.2) is 9.67 Å². The normalized spacial score (nSPS) is 10.7. The summed E-state index contributed by atoms with van der Waals surface area (Å²) in [5.41, 5.74) is 8.70. The molecule has 1 aromatic carbocycles. The number of benzene rings is 1. The highest BCUT2D eigenvalue weighted by Gasteiger charge is 2.15. The fourth-order valence-electron chi connectivity index (χ4n) is 2.09. The highest BCUT2D eigenvalue weighted by molar-refractivity contribution is 7.80. The van der Waals surface area contributed by atoms with Crippen LogP contribution in [0.1, 0.15) is 36.6 Å². The van der Waals surface area contributed by atoms with Crippen LogP contribution in [0.4, 0.5) is 0 Å². The average molecular weight is 274 g/mol. The van der Waals surface area contributed by atoms with Crippen molar-refractivity contribution in [2.75, 3.05) is 0 Å². The molecule has 1 heterocycles. The van der Waals surface area contributed by atoms with Crippen LogP contribution in [0, 0.1) is 6.92 Å². The standard InChI is InChI=1S/C14H18N4S/c1-4-11-16-12(5-2)18(17-11)13-9(3)7-6-8-10(13)14(15)19/h6-8H,4-5H2,1-3H3,(H2,15,19). The molecule has 2 aromatic rings. The van der Waals surface area contributed by atoms with Gasteiger partial charge in [0.1, 0.15) is 10.8 Å². The summed E-state index contributed by atoms with van der Waals surface area (Å²) >= 11 is 5.14. The highest BCUT2D eigenvalue weighted by atomic mass is 32.1. The number of hydrogen-bond acceptors (Lipinski definition) is 3. The van der Waals surface area contributed by atoms with Gasteiger partial charge < -0.3 is 5.73 Å². The average Bonchev–Trinajstić information content (AvgIpc) is 2.81. The number of nitrogens with zero attached hydrogens (tertiary/aromatic N) is 3. The largest absolute Gasteiger partial charge is 0.389 e. The second-order valence-corrected chi connectivity index (χ2v) is 4.84. The number of aryl methyl sites for hydroxylation is 3. The Bertz CT molecular complexity index is 616. The van der Waals surface area contributed by atoms with E-state index in [0.29, 0.717) is 4.99 Å². The molecule has 0 bridgehead atoms. The van der Waals surface area contributed by atoms with Crippen LogP contribution in [-0.2, 0) is 12.8 Å². The summed E-state index contributed by atoms with van der Waals surface area (Å²) in [7, 11) is 0. The van der Waals surface area contributed by atoms with Crippen molar-refractivity contribution in [3.63, 3.8) is 0 Å². The Balaban J connectivity index is 2.70. The number of aromatic nitrogens is 3. The third-order valence-electron chi connectivity index (χ3n) is 3.07. The predicted octanol–water partition coefficient (Wildman–Crippen LogP) is 2.33. The lowest BCUT2D eigenvalue weighted by atomic mass is 10.1. The number of nitrogens with two attached hydrogens (primary N) is 1. The van der Waals surface area contributed by atoms with Crippen LogP contribution in [0.15, 0.2) is 18.2 Å². The molecule has 2 rings (SSSR count). The Morgan fingerprint density at radius 3 is 2.63 bits per heavy atom. The molecule has 0 saturated heterocycles. The van der Waals surface area contributed by atoms with Gasteiger partial charge in [-0.3, -0.25) is 0 Å². The van der Waals surface area contributed by atoms with Gasteiger partial charge in [0, 0.05) is 18.4 Å². The molecule has 0 saturated carbocycles. The van der Waals surface area contributed by atoms with Crippen LogP contribution in [-0.4, -0.2) is 19.8 Å². The first-order chi connectivity index (χ1) is 9.08. The summed E-state index contributed by atoms with van der Waals surface area (Å²) in [5, 5.41) is 4.56. The first kappa shape index (κ1) is 13.7. The van der Waals surface area contributed by atoms with E-state index in [0.717, 1.165) is 41.3 Å². The van der Waals surface area contributed by atoms with Crippen molar-refractivity contribution < 1.29 is 0 Å². The van der Waals surface area contributed by atoms with E-state index in [9.17, 15) is 0 Å².